The molecule has 0 heterocycles. The number of benzene rings is 1. The average Bonchev–Trinajstić information content (AvgIpc) is 2.38. The van der Waals surface area contributed by atoms with Gasteiger partial charge in [0, 0.05) is 4.90 Å². The van der Waals surface area contributed by atoms with Crippen LogP contribution < -0.4 is 5.32 Å². The summed E-state index contributed by atoms with van der Waals surface area (Å²) in [5.41, 5.74) is 2.39. The van der Waals surface area contributed by atoms with E-state index in [2.05, 4.69) is 44.3 Å². The zero-order chi connectivity index (χ0) is 15.1. The summed E-state index contributed by atoms with van der Waals surface area (Å²) in [6, 6.07) is 6.11. The van der Waals surface area contributed by atoms with Crippen molar-refractivity contribution in [2.75, 3.05) is 12.4 Å². The molecule has 0 aliphatic rings. The monoisotopic (exact) mass is 295 g/mol. The lowest BCUT2D eigenvalue weighted by molar-refractivity contribution is -0.119. The molecule has 1 unspecified atom stereocenters. The number of hydrogen-bond acceptors (Lipinski definition) is 3. The molecule has 3 nitrogen and oxygen atoms in total. The molecule has 0 fully saturated rings. The third-order valence-electron chi connectivity index (χ3n) is 3.04. The molecule has 0 saturated carbocycles. The summed E-state index contributed by atoms with van der Waals surface area (Å²) < 4.78 is 0. The second-order valence-electron chi connectivity index (χ2n) is 5.63. The quantitative estimate of drug-likeness (QED) is 0.760. The summed E-state index contributed by atoms with van der Waals surface area (Å²) in [7, 11) is 0. The standard InChI is InChI=1S/C16H25NO2S/c1-11(2)7-14(9-18)17-16(19)10-20-15-8-12(3)5-6-13(15)4/h5-6,8,11,14,18H,7,9-10H2,1-4H3,(H,17,19). The number of aliphatic hydroxyl groups is 1. The Balaban J connectivity index is 2.48. The average molecular weight is 295 g/mol. The van der Waals surface area contributed by atoms with Crippen molar-refractivity contribution in [3.8, 4) is 0 Å². The van der Waals surface area contributed by atoms with Gasteiger partial charge in [-0.2, -0.15) is 0 Å². The van der Waals surface area contributed by atoms with Crippen LogP contribution in [-0.4, -0.2) is 29.4 Å². The van der Waals surface area contributed by atoms with Gasteiger partial charge in [-0.25, -0.2) is 0 Å². The Kier molecular flexibility index (Phi) is 7.10. The third kappa shape index (κ3) is 5.97. The highest BCUT2D eigenvalue weighted by molar-refractivity contribution is 8.00. The van der Waals surface area contributed by atoms with Crippen LogP contribution in [0.3, 0.4) is 0 Å². The number of nitrogens with one attached hydrogen (secondary N) is 1. The van der Waals surface area contributed by atoms with Crippen molar-refractivity contribution in [3.63, 3.8) is 0 Å². The van der Waals surface area contributed by atoms with Gasteiger partial charge < -0.3 is 10.4 Å². The van der Waals surface area contributed by atoms with Crippen LogP contribution in [0.5, 0.6) is 0 Å². The molecule has 1 rings (SSSR count). The van der Waals surface area contributed by atoms with E-state index in [1.165, 1.54) is 11.1 Å². The van der Waals surface area contributed by atoms with Gasteiger partial charge >= 0.3 is 0 Å². The highest BCUT2D eigenvalue weighted by Crippen LogP contribution is 2.23. The Morgan fingerprint density at radius 3 is 2.65 bits per heavy atom. The third-order valence-corrected chi connectivity index (χ3v) is 4.20. The van der Waals surface area contributed by atoms with Gasteiger partial charge in [-0.15, -0.1) is 11.8 Å². The zero-order valence-electron chi connectivity index (χ0n) is 12.8. The van der Waals surface area contributed by atoms with Gasteiger partial charge in [0.15, 0.2) is 0 Å². The van der Waals surface area contributed by atoms with Crippen molar-refractivity contribution in [1.82, 2.24) is 5.32 Å². The van der Waals surface area contributed by atoms with Crippen LogP contribution in [-0.2, 0) is 4.79 Å². The fraction of sp³-hybridized carbons (Fsp3) is 0.562. The zero-order valence-corrected chi connectivity index (χ0v) is 13.6. The molecular formula is C16H25NO2S. The molecule has 1 atom stereocenters. The van der Waals surface area contributed by atoms with E-state index >= 15 is 0 Å². The van der Waals surface area contributed by atoms with E-state index in [0.717, 1.165) is 11.3 Å². The van der Waals surface area contributed by atoms with Gasteiger partial charge in [0.25, 0.3) is 0 Å². The largest absolute Gasteiger partial charge is 0.394 e. The maximum atomic E-state index is 11.9. The maximum absolute atomic E-state index is 11.9. The minimum absolute atomic E-state index is 0.00193. The van der Waals surface area contributed by atoms with Gasteiger partial charge in [-0.05, 0) is 37.8 Å². The number of aryl methyl sites for hydroxylation is 2. The van der Waals surface area contributed by atoms with Crippen LogP contribution in [0.1, 0.15) is 31.4 Å². The lowest BCUT2D eigenvalue weighted by Crippen LogP contribution is -2.39. The summed E-state index contributed by atoms with van der Waals surface area (Å²) in [6.07, 6.45) is 0.802. The molecule has 0 aliphatic carbocycles. The molecule has 112 valence electrons. The molecule has 0 bridgehead atoms. The van der Waals surface area contributed by atoms with Gasteiger partial charge in [0.05, 0.1) is 18.4 Å². The molecule has 2 N–H and O–H groups in total. The van der Waals surface area contributed by atoms with Crippen molar-refractivity contribution in [2.45, 2.75) is 45.1 Å². The first kappa shape index (κ1) is 17.1. The second kappa shape index (κ2) is 8.32. The molecule has 0 aromatic heterocycles. The molecular weight excluding hydrogens is 270 g/mol. The van der Waals surface area contributed by atoms with Crippen LogP contribution in [0.2, 0.25) is 0 Å². The first-order chi connectivity index (χ1) is 9.42. The fourth-order valence-electron chi connectivity index (χ4n) is 2.02. The van der Waals surface area contributed by atoms with E-state index in [4.69, 9.17) is 0 Å². The van der Waals surface area contributed by atoms with Crippen molar-refractivity contribution in [1.29, 1.82) is 0 Å². The fourth-order valence-corrected chi connectivity index (χ4v) is 2.96. The minimum Gasteiger partial charge on any atom is -0.394 e. The van der Waals surface area contributed by atoms with Crippen LogP contribution in [0.4, 0.5) is 0 Å². The highest BCUT2D eigenvalue weighted by atomic mass is 32.2. The van der Waals surface area contributed by atoms with E-state index < -0.39 is 0 Å². The SMILES string of the molecule is Cc1ccc(C)c(SCC(=O)NC(CO)CC(C)C)c1. The number of hydrogen-bond donors (Lipinski definition) is 2. The molecule has 0 aliphatic heterocycles. The molecule has 4 heteroatoms. The van der Waals surface area contributed by atoms with E-state index in [1.807, 2.05) is 6.92 Å². The summed E-state index contributed by atoms with van der Waals surface area (Å²) >= 11 is 1.55. The van der Waals surface area contributed by atoms with Gasteiger partial charge in [0.2, 0.25) is 5.91 Å². The maximum Gasteiger partial charge on any atom is 0.230 e. The van der Waals surface area contributed by atoms with Gasteiger partial charge in [0.1, 0.15) is 0 Å². The van der Waals surface area contributed by atoms with E-state index in [0.29, 0.717) is 11.7 Å². The number of aliphatic hydroxyl groups excluding tert-OH is 1. The lowest BCUT2D eigenvalue weighted by Gasteiger charge is -2.18. The number of carbonyl (C=O) groups is 1. The Morgan fingerprint density at radius 2 is 2.05 bits per heavy atom. The van der Waals surface area contributed by atoms with Crippen LogP contribution in [0.25, 0.3) is 0 Å². The van der Waals surface area contributed by atoms with Crippen LogP contribution in [0.15, 0.2) is 23.1 Å². The molecule has 1 aromatic rings. The van der Waals surface area contributed by atoms with Crippen LogP contribution >= 0.6 is 11.8 Å². The van der Waals surface area contributed by atoms with Crippen LogP contribution in [0, 0.1) is 19.8 Å². The first-order valence-electron chi connectivity index (χ1n) is 7.02. The van der Waals surface area contributed by atoms with E-state index in [1.54, 1.807) is 11.8 Å². The summed E-state index contributed by atoms with van der Waals surface area (Å²) in [5.74, 6) is 0.827. The predicted molar refractivity (Wildman–Crippen MR) is 85.1 cm³/mol. The Hall–Kier alpha value is -1.00. The van der Waals surface area contributed by atoms with Crippen molar-refractivity contribution in [3.05, 3.63) is 29.3 Å². The Morgan fingerprint density at radius 1 is 1.35 bits per heavy atom. The Bertz CT molecular complexity index is 446. The second-order valence-corrected chi connectivity index (χ2v) is 6.65. The minimum atomic E-state index is -0.137. The van der Waals surface area contributed by atoms with Gasteiger partial charge in [-0.3, -0.25) is 4.79 Å². The van der Waals surface area contributed by atoms with E-state index in [9.17, 15) is 9.90 Å². The molecule has 0 radical (unpaired) electrons. The number of amides is 1. The molecule has 1 aromatic carbocycles. The smallest absolute Gasteiger partial charge is 0.230 e. The summed E-state index contributed by atoms with van der Waals surface area (Å²) in [6.45, 7) is 8.26. The normalized spacial score (nSPS) is 12.5. The summed E-state index contributed by atoms with van der Waals surface area (Å²) in [4.78, 5) is 13.1. The molecule has 1 amide bonds. The van der Waals surface area contributed by atoms with E-state index in [-0.39, 0.29) is 18.6 Å². The van der Waals surface area contributed by atoms with Crippen molar-refractivity contribution < 1.29 is 9.90 Å². The highest BCUT2D eigenvalue weighted by Gasteiger charge is 2.13. The van der Waals surface area contributed by atoms with Gasteiger partial charge in [-0.1, -0.05) is 31.5 Å². The Labute approximate surface area is 126 Å². The molecule has 0 saturated heterocycles. The predicted octanol–water partition coefficient (Wildman–Crippen LogP) is 2.92. The molecule has 0 spiro atoms. The van der Waals surface area contributed by atoms with Crippen molar-refractivity contribution in [2.24, 2.45) is 5.92 Å². The number of carbonyl (C=O) groups excluding carboxylic acids is 1. The number of rotatable bonds is 7. The lowest BCUT2D eigenvalue weighted by atomic mass is 10.0. The topological polar surface area (TPSA) is 49.3 Å². The number of thioether (sulfide) groups is 1. The first-order valence-corrected chi connectivity index (χ1v) is 8.01. The molecule has 20 heavy (non-hydrogen) atoms. The van der Waals surface area contributed by atoms with Crippen molar-refractivity contribution >= 4 is 17.7 Å². The summed E-state index contributed by atoms with van der Waals surface area (Å²) in [5, 5.41) is 12.2.